The van der Waals surface area contributed by atoms with Gasteiger partial charge < -0.3 is 18.9 Å². The molecule has 0 saturated heterocycles. The Balaban J connectivity index is 1.73. The molecule has 1 atom stereocenters. The molecule has 3 rings (SSSR count). The van der Waals surface area contributed by atoms with E-state index >= 15 is 0 Å². The van der Waals surface area contributed by atoms with Crippen molar-refractivity contribution >= 4 is 27.0 Å². The lowest BCUT2D eigenvalue weighted by Crippen LogP contribution is -2.36. The molecule has 0 aromatic heterocycles. The van der Waals surface area contributed by atoms with Crippen LogP contribution in [0.2, 0.25) is 0 Å². The number of amides is 1. The van der Waals surface area contributed by atoms with Gasteiger partial charge in [-0.15, -0.1) is 0 Å². The van der Waals surface area contributed by atoms with Gasteiger partial charge in [-0.05, 0) is 62.4 Å². The maximum Gasteiger partial charge on any atom is 0.410 e. The van der Waals surface area contributed by atoms with Crippen LogP contribution in [0.1, 0.15) is 38.0 Å². The first-order valence-electron chi connectivity index (χ1n) is 10.5. The van der Waals surface area contributed by atoms with Crippen LogP contribution in [0.4, 0.5) is 4.79 Å². The number of nitrogens with zero attached hydrogens (tertiary/aromatic N) is 1. The summed E-state index contributed by atoms with van der Waals surface area (Å²) in [7, 11) is -2.53. The average Bonchev–Trinajstić information content (AvgIpc) is 2.73. The van der Waals surface area contributed by atoms with E-state index in [1.165, 1.54) is 30.1 Å². The third-order valence-electron chi connectivity index (χ3n) is 4.99. The minimum absolute atomic E-state index is 0.0166. The highest BCUT2D eigenvalue weighted by Gasteiger charge is 2.23. The van der Waals surface area contributed by atoms with Gasteiger partial charge in [-0.3, -0.25) is 0 Å². The Morgan fingerprint density at radius 2 is 1.61 bits per heavy atom. The molecule has 1 unspecified atom stereocenters. The SMILES string of the molecule is Cc1ccc(S(=O)(=O)Oc2ccc(C(O)CN(C)C(=O)OC(C)(C)C)cc2)c2ccccc12. The highest BCUT2D eigenvalue weighted by Crippen LogP contribution is 2.29. The number of rotatable bonds is 6. The third kappa shape index (κ3) is 6.03. The number of hydrogen-bond acceptors (Lipinski definition) is 6. The number of benzene rings is 3. The summed E-state index contributed by atoms with van der Waals surface area (Å²) in [4.78, 5) is 13.5. The number of fused-ring (bicyclic) bond motifs is 1. The summed E-state index contributed by atoms with van der Waals surface area (Å²) in [6, 6.07) is 16.6. The molecule has 0 fully saturated rings. The summed E-state index contributed by atoms with van der Waals surface area (Å²) < 4.78 is 36.5. The normalized spacial score (nSPS) is 12.9. The number of aliphatic hydroxyl groups excluding tert-OH is 1. The fourth-order valence-corrected chi connectivity index (χ4v) is 4.47. The summed E-state index contributed by atoms with van der Waals surface area (Å²) in [6.07, 6.45) is -1.52. The van der Waals surface area contributed by atoms with Gasteiger partial charge in [-0.2, -0.15) is 8.42 Å². The molecule has 1 amide bonds. The van der Waals surface area contributed by atoms with Crippen LogP contribution in [0.15, 0.2) is 65.6 Å². The largest absolute Gasteiger partial charge is 0.444 e. The standard InChI is InChI=1S/C25H29NO6S/c1-17-10-15-23(21-9-7-6-8-20(17)21)33(29,30)32-19-13-11-18(12-14-19)22(27)16-26(5)24(28)31-25(2,3)4/h6-15,22,27H,16H2,1-5H3. The Labute approximate surface area is 194 Å². The minimum Gasteiger partial charge on any atom is -0.444 e. The quantitative estimate of drug-likeness (QED) is 0.518. The van der Waals surface area contributed by atoms with Crippen molar-refractivity contribution in [2.45, 2.75) is 44.3 Å². The van der Waals surface area contributed by atoms with E-state index in [0.717, 1.165) is 10.9 Å². The third-order valence-corrected chi connectivity index (χ3v) is 6.30. The lowest BCUT2D eigenvalue weighted by atomic mass is 10.1. The van der Waals surface area contributed by atoms with Crippen molar-refractivity contribution in [2.24, 2.45) is 0 Å². The predicted octanol–water partition coefficient (Wildman–Crippen LogP) is 4.82. The van der Waals surface area contributed by atoms with Gasteiger partial charge in [0.1, 0.15) is 16.2 Å². The first kappa shape index (κ1) is 24.5. The van der Waals surface area contributed by atoms with Crippen molar-refractivity contribution in [2.75, 3.05) is 13.6 Å². The molecular weight excluding hydrogens is 442 g/mol. The van der Waals surface area contributed by atoms with Gasteiger partial charge in [0.25, 0.3) is 0 Å². The van der Waals surface area contributed by atoms with Crippen LogP contribution in [0.5, 0.6) is 5.75 Å². The fraction of sp³-hybridized carbons (Fsp3) is 0.320. The molecular formula is C25H29NO6S. The van der Waals surface area contributed by atoms with Crippen LogP contribution in [0.25, 0.3) is 10.8 Å². The van der Waals surface area contributed by atoms with Crippen LogP contribution in [-0.4, -0.2) is 43.7 Å². The Hall–Kier alpha value is -3.10. The van der Waals surface area contributed by atoms with Crippen LogP contribution in [0, 0.1) is 6.92 Å². The lowest BCUT2D eigenvalue weighted by molar-refractivity contribution is 0.0205. The van der Waals surface area contributed by atoms with Gasteiger partial charge >= 0.3 is 16.2 Å². The molecule has 0 aliphatic heterocycles. The van der Waals surface area contributed by atoms with Crippen molar-refractivity contribution < 1.29 is 27.2 Å². The van der Waals surface area contributed by atoms with Crippen molar-refractivity contribution in [1.29, 1.82) is 0 Å². The Bertz CT molecular complexity index is 1250. The van der Waals surface area contributed by atoms with Gasteiger partial charge in [-0.1, -0.05) is 42.5 Å². The van der Waals surface area contributed by atoms with E-state index in [-0.39, 0.29) is 17.2 Å². The average molecular weight is 472 g/mol. The van der Waals surface area contributed by atoms with Gasteiger partial charge in [0.15, 0.2) is 0 Å². The number of likely N-dealkylation sites (N-methyl/N-ethyl adjacent to an activating group) is 1. The van der Waals surface area contributed by atoms with Crippen molar-refractivity contribution in [3.05, 3.63) is 71.8 Å². The van der Waals surface area contributed by atoms with E-state index in [4.69, 9.17) is 8.92 Å². The van der Waals surface area contributed by atoms with Gasteiger partial charge in [0, 0.05) is 12.4 Å². The molecule has 0 saturated carbocycles. The first-order valence-corrected chi connectivity index (χ1v) is 11.9. The number of aryl methyl sites for hydroxylation is 1. The Morgan fingerprint density at radius 3 is 2.21 bits per heavy atom. The molecule has 33 heavy (non-hydrogen) atoms. The summed E-state index contributed by atoms with van der Waals surface area (Å²) >= 11 is 0. The van der Waals surface area contributed by atoms with Crippen LogP contribution >= 0.6 is 0 Å². The van der Waals surface area contributed by atoms with Crippen molar-refractivity contribution in [3.8, 4) is 5.75 Å². The molecule has 0 bridgehead atoms. The second kappa shape index (κ2) is 9.41. The number of carbonyl (C=O) groups is 1. The summed E-state index contributed by atoms with van der Waals surface area (Å²) in [5.74, 6) is 0.121. The zero-order valence-corrected chi connectivity index (χ0v) is 20.2. The van der Waals surface area contributed by atoms with Crippen molar-refractivity contribution in [3.63, 3.8) is 0 Å². The number of ether oxygens (including phenoxy) is 1. The lowest BCUT2D eigenvalue weighted by Gasteiger charge is -2.26. The summed E-state index contributed by atoms with van der Waals surface area (Å²) in [5.41, 5.74) is 0.846. The van der Waals surface area contributed by atoms with Gasteiger partial charge in [0.05, 0.1) is 12.6 Å². The van der Waals surface area contributed by atoms with Crippen LogP contribution in [-0.2, 0) is 14.9 Å². The van der Waals surface area contributed by atoms with E-state index in [9.17, 15) is 18.3 Å². The summed E-state index contributed by atoms with van der Waals surface area (Å²) in [6.45, 7) is 7.23. The van der Waals surface area contributed by atoms with E-state index in [1.54, 1.807) is 51.1 Å². The molecule has 3 aromatic rings. The van der Waals surface area contributed by atoms with Crippen LogP contribution in [0.3, 0.4) is 0 Å². The molecule has 176 valence electrons. The molecule has 3 aromatic carbocycles. The molecule has 1 N–H and O–H groups in total. The zero-order chi connectivity index (χ0) is 24.4. The Kier molecular flexibility index (Phi) is 7.00. The van der Waals surface area contributed by atoms with Gasteiger partial charge in [-0.25, -0.2) is 4.79 Å². The molecule has 0 heterocycles. The molecule has 0 radical (unpaired) electrons. The second-order valence-corrected chi connectivity index (χ2v) is 10.4. The first-order chi connectivity index (χ1) is 15.4. The maximum absolute atomic E-state index is 13.0. The summed E-state index contributed by atoms with van der Waals surface area (Å²) in [5, 5.41) is 11.9. The van der Waals surface area contributed by atoms with Gasteiger partial charge in [0.2, 0.25) is 0 Å². The molecule has 0 aliphatic carbocycles. The van der Waals surface area contributed by atoms with E-state index < -0.39 is 27.9 Å². The molecule has 8 heteroatoms. The minimum atomic E-state index is -4.07. The van der Waals surface area contributed by atoms with Crippen molar-refractivity contribution in [1.82, 2.24) is 4.90 Å². The highest BCUT2D eigenvalue weighted by atomic mass is 32.2. The molecule has 0 spiro atoms. The topological polar surface area (TPSA) is 93.1 Å². The molecule has 7 nitrogen and oxygen atoms in total. The maximum atomic E-state index is 13.0. The van der Waals surface area contributed by atoms with E-state index in [2.05, 4.69) is 0 Å². The predicted molar refractivity (Wildman–Crippen MR) is 127 cm³/mol. The highest BCUT2D eigenvalue weighted by molar-refractivity contribution is 7.87. The fourth-order valence-electron chi connectivity index (χ4n) is 3.34. The van der Waals surface area contributed by atoms with Crippen LogP contribution < -0.4 is 4.18 Å². The number of hydrogen-bond donors (Lipinski definition) is 1. The molecule has 0 aliphatic rings. The smallest absolute Gasteiger partial charge is 0.410 e. The zero-order valence-electron chi connectivity index (χ0n) is 19.4. The number of carbonyl (C=O) groups excluding carboxylic acids is 1. The van der Waals surface area contributed by atoms with E-state index in [1.807, 2.05) is 19.1 Å². The number of aliphatic hydroxyl groups is 1. The second-order valence-electron chi connectivity index (χ2n) is 8.91. The monoisotopic (exact) mass is 471 g/mol. The van der Waals surface area contributed by atoms with E-state index in [0.29, 0.717) is 10.9 Å². The Morgan fingerprint density at radius 1 is 1.00 bits per heavy atom.